The first kappa shape index (κ1) is 20.4. The van der Waals surface area contributed by atoms with Crippen molar-refractivity contribution in [1.29, 1.82) is 0 Å². The Hall–Kier alpha value is -2.52. The SMILES string of the molecule is CS(=O)(=O)N1CCc2c(nc(C3CCCN3C(=O)C3(c4ccccc4)CC3)[nH]c2=O)C1. The van der Waals surface area contributed by atoms with Gasteiger partial charge in [0.05, 0.1) is 30.0 Å². The number of benzene rings is 1. The number of aromatic nitrogens is 2. The summed E-state index contributed by atoms with van der Waals surface area (Å²) < 4.78 is 25.3. The van der Waals surface area contributed by atoms with Crippen LogP contribution in [0.1, 0.15) is 54.4 Å². The monoisotopic (exact) mass is 442 g/mol. The number of carbonyl (C=O) groups is 1. The molecule has 2 aromatic rings. The number of nitrogens with one attached hydrogen (secondary N) is 1. The van der Waals surface area contributed by atoms with Crippen LogP contribution in [0.25, 0.3) is 0 Å². The number of nitrogens with zero attached hydrogens (tertiary/aromatic N) is 3. The van der Waals surface area contributed by atoms with Crippen LogP contribution >= 0.6 is 0 Å². The van der Waals surface area contributed by atoms with Crippen LogP contribution in [0.15, 0.2) is 35.1 Å². The smallest absolute Gasteiger partial charge is 0.254 e. The van der Waals surface area contributed by atoms with Crippen molar-refractivity contribution in [2.45, 2.75) is 50.1 Å². The molecule has 0 spiro atoms. The van der Waals surface area contributed by atoms with Crippen LogP contribution in [0, 0.1) is 0 Å². The highest BCUT2D eigenvalue weighted by atomic mass is 32.2. The van der Waals surface area contributed by atoms with Crippen molar-refractivity contribution in [2.24, 2.45) is 0 Å². The average Bonchev–Trinajstić information content (AvgIpc) is 3.42. The van der Waals surface area contributed by atoms with E-state index in [1.165, 1.54) is 10.6 Å². The van der Waals surface area contributed by atoms with Crippen LogP contribution in [0.3, 0.4) is 0 Å². The van der Waals surface area contributed by atoms with E-state index in [2.05, 4.69) is 9.97 Å². The normalized spacial score (nSPS) is 22.9. The highest BCUT2D eigenvalue weighted by Gasteiger charge is 2.54. The molecule has 1 N–H and O–H groups in total. The van der Waals surface area contributed by atoms with Crippen molar-refractivity contribution >= 4 is 15.9 Å². The molecular formula is C22H26N4O4S. The Bertz CT molecular complexity index is 1190. The summed E-state index contributed by atoms with van der Waals surface area (Å²) >= 11 is 0. The van der Waals surface area contributed by atoms with E-state index in [1.807, 2.05) is 35.2 Å². The first-order valence-electron chi connectivity index (χ1n) is 10.7. The van der Waals surface area contributed by atoms with Crippen molar-refractivity contribution < 1.29 is 13.2 Å². The molecule has 1 aliphatic carbocycles. The molecule has 1 unspecified atom stereocenters. The summed E-state index contributed by atoms with van der Waals surface area (Å²) in [6, 6.07) is 9.59. The molecule has 8 nitrogen and oxygen atoms in total. The first-order chi connectivity index (χ1) is 14.8. The predicted octanol–water partition coefficient (Wildman–Crippen LogP) is 1.48. The van der Waals surface area contributed by atoms with Gasteiger partial charge in [0.2, 0.25) is 15.9 Å². The average molecular weight is 443 g/mol. The van der Waals surface area contributed by atoms with Gasteiger partial charge in [-0.05, 0) is 37.7 Å². The number of hydrogen-bond acceptors (Lipinski definition) is 5. The molecule has 2 fully saturated rings. The van der Waals surface area contributed by atoms with Crippen molar-refractivity contribution in [3.63, 3.8) is 0 Å². The van der Waals surface area contributed by atoms with Gasteiger partial charge < -0.3 is 9.88 Å². The summed E-state index contributed by atoms with van der Waals surface area (Å²) in [5, 5.41) is 0. The van der Waals surface area contributed by atoms with Crippen molar-refractivity contribution in [3.8, 4) is 0 Å². The van der Waals surface area contributed by atoms with E-state index in [1.54, 1.807) is 0 Å². The minimum absolute atomic E-state index is 0.0966. The molecule has 0 bridgehead atoms. The van der Waals surface area contributed by atoms with Gasteiger partial charge in [-0.25, -0.2) is 13.4 Å². The molecule has 1 aromatic carbocycles. The maximum absolute atomic E-state index is 13.6. The van der Waals surface area contributed by atoms with E-state index in [0.29, 0.717) is 30.0 Å². The summed E-state index contributed by atoms with van der Waals surface area (Å²) in [4.78, 5) is 35.8. The zero-order valence-corrected chi connectivity index (χ0v) is 18.3. The fourth-order valence-electron chi connectivity index (χ4n) is 4.95. The molecule has 1 amide bonds. The first-order valence-corrected chi connectivity index (χ1v) is 12.6. The third-order valence-electron chi connectivity index (χ3n) is 6.84. The van der Waals surface area contributed by atoms with E-state index in [4.69, 9.17) is 0 Å². The van der Waals surface area contributed by atoms with E-state index in [-0.39, 0.29) is 30.6 Å². The van der Waals surface area contributed by atoms with Crippen molar-refractivity contribution in [1.82, 2.24) is 19.2 Å². The quantitative estimate of drug-likeness (QED) is 0.773. The van der Waals surface area contributed by atoms with Crippen LogP contribution in [0.2, 0.25) is 0 Å². The van der Waals surface area contributed by atoms with Crippen LogP contribution in [0.4, 0.5) is 0 Å². The van der Waals surface area contributed by atoms with Gasteiger partial charge in [-0.1, -0.05) is 30.3 Å². The zero-order valence-electron chi connectivity index (χ0n) is 17.5. The molecule has 0 radical (unpaired) electrons. The maximum Gasteiger partial charge on any atom is 0.254 e. The Morgan fingerprint density at radius 1 is 1.19 bits per heavy atom. The molecular weight excluding hydrogens is 416 g/mol. The molecule has 5 rings (SSSR count). The second kappa shape index (κ2) is 7.27. The van der Waals surface area contributed by atoms with Gasteiger partial charge in [0.25, 0.3) is 5.56 Å². The number of likely N-dealkylation sites (tertiary alicyclic amines) is 1. The second-order valence-corrected chi connectivity index (χ2v) is 10.8. The highest BCUT2D eigenvalue weighted by Crippen LogP contribution is 2.51. The molecule has 3 heterocycles. The van der Waals surface area contributed by atoms with Crippen molar-refractivity contribution in [2.75, 3.05) is 19.3 Å². The number of hydrogen-bond donors (Lipinski definition) is 1. The lowest BCUT2D eigenvalue weighted by Crippen LogP contribution is -2.41. The summed E-state index contributed by atoms with van der Waals surface area (Å²) in [7, 11) is -3.36. The lowest BCUT2D eigenvalue weighted by atomic mass is 9.94. The minimum atomic E-state index is -3.36. The predicted molar refractivity (Wildman–Crippen MR) is 115 cm³/mol. The van der Waals surface area contributed by atoms with Crippen LogP contribution in [-0.2, 0) is 33.2 Å². The number of rotatable bonds is 4. The molecule has 2 aliphatic heterocycles. The molecule has 1 saturated heterocycles. The molecule has 3 aliphatic rings. The van der Waals surface area contributed by atoms with E-state index in [0.717, 1.165) is 31.2 Å². The van der Waals surface area contributed by atoms with Gasteiger partial charge in [-0.3, -0.25) is 9.59 Å². The largest absolute Gasteiger partial charge is 0.332 e. The summed E-state index contributed by atoms with van der Waals surface area (Å²) in [5.41, 5.74) is 1.39. The van der Waals surface area contributed by atoms with Gasteiger partial charge in [0, 0.05) is 18.7 Å². The van der Waals surface area contributed by atoms with Crippen LogP contribution < -0.4 is 5.56 Å². The van der Waals surface area contributed by atoms with Crippen LogP contribution in [-0.4, -0.2) is 52.8 Å². The molecule has 1 atom stereocenters. The maximum atomic E-state index is 13.6. The molecule has 1 saturated carbocycles. The van der Waals surface area contributed by atoms with E-state index in [9.17, 15) is 18.0 Å². The van der Waals surface area contributed by atoms with Gasteiger partial charge in [-0.2, -0.15) is 4.31 Å². The van der Waals surface area contributed by atoms with Crippen LogP contribution in [0.5, 0.6) is 0 Å². The van der Waals surface area contributed by atoms with Gasteiger partial charge >= 0.3 is 0 Å². The minimum Gasteiger partial charge on any atom is -0.332 e. The summed E-state index contributed by atoms with van der Waals surface area (Å²) in [6.07, 6.45) is 4.75. The van der Waals surface area contributed by atoms with Gasteiger partial charge in [-0.15, -0.1) is 0 Å². The molecule has 164 valence electrons. The molecule has 1 aromatic heterocycles. The number of aromatic amines is 1. The Morgan fingerprint density at radius 2 is 1.94 bits per heavy atom. The highest BCUT2D eigenvalue weighted by molar-refractivity contribution is 7.88. The Balaban J connectivity index is 1.46. The van der Waals surface area contributed by atoms with Crippen molar-refractivity contribution in [3.05, 3.63) is 63.3 Å². The number of carbonyl (C=O) groups excluding carboxylic acids is 1. The third kappa shape index (κ3) is 3.49. The standard InChI is InChI=1S/C22H26N4O4S/c1-31(29,30)25-13-9-16-17(14-25)23-19(24-20(16)27)18-8-5-12-26(18)21(28)22(10-11-22)15-6-3-2-4-7-15/h2-4,6-7,18H,5,8-14H2,1H3,(H,23,24,27). The lowest BCUT2D eigenvalue weighted by Gasteiger charge is -2.30. The van der Waals surface area contributed by atoms with Gasteiger partial charge in [0.15, 0.2) is 0 Å². The topological polar surface area (TPSA) is 103 Å². The fourth-order valence-corrected chi connectivity index (χ4v) is 5.73. The number of H-pyrrole nitrogens is 1. The second-order valence-electron chi connectivity index (χ2n) is 8.83. The number of amides is 1. The lowest BCUT2D eigenvalue weighted by molar-refractivity contribution is -0.135. The van der Waals surface area contributed by atoms with E-state index < -0.39 is 15.4 Å². The Labute approximate surface area is 181 Å². The molecule has 31 heavy (non-hydrogen) atoms. The summed E-state index contributed by atoms with van der Waals surface area (Å²) in [6.45, 7) is 1.01. The Kier molecular flexibility index (Phi) is 4.78. The molecule has 9 heteroatoms. The fraction of sp³-hybridized carbons (Fsp3) is 0.500. The number of fused-ring (bicyclic) bond motifs is 1. The third-order valence-corrected chi connectivity index (χ3v) is 8.09. The van der Waals surface area contributed by atoms with Gasteiger partial charge in [0.1, 0.15) is 5.82 Å². The Morgan fingerprint density at radius 3 is 2.61 bits per heavy atom. The van der Waals surface area contributed by atoms with E-state index >= 15 is 0 Å². The number of sulfonamides is 1. The zero-order chi connectivity index (χ0) is 21.8. The summed E-state index contributed by atoms with van der Waals surface area (Å²) in [5.74, 6) is 0.563.